The maximum Gasteiger partial charge on any atom is 0.337 e. The summed E-state index contributed by atoms with van der Waals surface area (Å²) in [5, 5.41) is 7.29. The maximum atomic E-state index is 12.5. The minimum Gasteiger partial charge on any atom is -0.465 e. The highest BCUT2D eigenvalue weighted by Crippen LogP contribution is 2.31. The molecule has 34 heavy (non-hydrogen) atoms. The van der Waals surface area contributed by atoms with Crippen LogP contribution >= 0.6 is 11.6 Å². The molecule has 3 aromatic carbocycles. The molecule has 0 spiro atoms. The second-order valence-corrected chi connectivity index (χ2v) is 7.80. The number of ether oxygens (including phenoxy) is 1. The lowest BCUT2D eigenvalue weighted by Crippen LogP contribution is -2.16. The lowest BCUT2D eigenvalue weighted by Gasteiger charge is -2.04. The Morgan fingerprint density at radius 2 is 1.82 bits per heavy atom. The molecule has 1 N–H and O–H groups in total. The van der Waals surface area contributed by atoms with Gasteiger partial charge >= 0.3 is 11.9 Å². The highest BCUT2D eigenvalue weighted by Gasteiger charge is 2.15. The van der Waals surface area contributed by atoms with E-state index < -0.39 is 11.9 Å². The van der Waals surface area contributed by atoms with Crippen molar-refractivity contribution in [2.75, 3.05) is 7.11 Å². The molecule has 8 heteroatoms. The maximum absolute atomic E-state index is 12.5. The summed E-state index contributed by atoms with van der Waals surface area (Å²) in [7, 11) is 1.31. The molecule has 168 valence electrons. The number of methoxy groups -OCH3 is 1. The minimum atomic E-state index is -0.489. The van der Waals surface area contributed by atoms with E-state index in [0.717, 1.165) is 16.2 Å². The molecule has 0 aliphatic heterocycles. The van der Waals surface area contributed by atoms with Crippen LogP contribution in [-0.4, -0.2) is 25.2 Å². The van der Waals surface area contributed by atoms with Crippen LogP contribution in [0.5, 0.6) is 0 Å². The Morgan fingerprint density at radius 1 is 0.971 bits per heavy atom. The molecule has 2 aromatic heterocycles. The number of nitrogens with zero attached hydrogens (tertiary/aromatic N) is 1. The number of rotatable bonds is 5. The quantitative estimate of drug-likeness (QED) is 0.191. The lowest BCUT2D eigenvalue weighted by atomic mass is 10.1. The topological polar surface area (TPSA) is 94.0 Å². The molecule has 2 heterocycles. The Morgan fingerprint density at radius 3 is 2.68 bits per heavy atom. The van der Waals surface area contributed by atoms with Gasteiger partial charge in [-0.15, -0.1) is 0 Å². The number of fused-ring (bicyclic) bond motifs is 3. The van der Waals surface area contributed by atoms with Crippen molar-refractivity contribution in [2.24, 2.45) is 5.10 Å². The third-order valence-electron chi connectivity index (χ3n) is 5.29. The number of hydrazone groups is 1. The molecule has 0 aliphatic rings. The van der Waals surface area contributed by atoms with Crippen LogP contribution in [0, 0.1) is 0 Å². The monoisotopic (exact) mass is 472 g/mol. The van der Waals surface area contributed by atoms with E-state index in [0.29, 0.717) is 33.3 Å². The zero-order valence-corrected chi connectivity index (χ0v) is 18.6. The highest BCUT2D eigenvalue weighted by atomic mass is 35.5. The normalized spacial score (nSPS) is 11.4. The number of carbonyl (C=O) groups excluding carboxylic acids is 2. The van der Waals surface area contributed by atoms with E-state index in [1.807, 2.05) is 36.4 Å². The van der Waals surface area contributed by atoms with E-state index in [1.165, 1.54) is 13.3 Å². The van der Waals surface area contributed by atoms with Gasteiger partial charge in [0, 0.05) is 10.9 Å². The van der Waals surface area contributed by atoms with Gasteiger partial charge in [0.2, 0.25) is 0 Å². The van der Waals surface area contributed by atoms with Crippen LogP contribution in [0.3, 0.4) is 0 Å². The molecule has 0 fully saturated rings. The number of esters is 1. The number of furan rings is 2. The van der Waals surface area contributed by atoms with Gasteiger partial charge in [0.25, 0.3) is 0 Å². The number of benzene rings is 3. The van der Waals surface area contributed by atoms with Crippen molar-refractivity contribution in [3.8, 4) is 11.3 Å². The van der Waals surface area contributed by atoms with E-state index in [2.05, 4.69) is 10.5 Å². The SMILES string of the molecule is COC(=O)c1ccc(Cl)c(-c2ccc(C=NNC(=O)c3cc4c(ccc5ccccc54)o3)o2)c1. The van der Waals surface area contributed by atoms with Crippen molar-refractivity contribution < 1.29 is 23.2 Å². The van der Waals surface area contributed by atoms with Crippen LogP contribution in [0.25, 0.3) is 33.1 Å². The number of halogens is 1. The first-order chi connectivity index (χ1) is 16.5. The Balaban J connectivity index is 1.32. The van der Waals surface area contributed by atoms with Crippen molar-refractivity contribution >= 4 is 51.4 Å². The summed E-state index contributed by atoms with van der Waals surface area (Å²) >= 11 is 6.26. The van der Waals surface area contributed by atoms with Crippen LogP contribution in [0.1, 0.15) is 26.7 Å². The van der Waals surface area contributed by atoms with E-state index in [-0.39, 0.29) is 5.76 Å². The molecular formula is C26H17ClN2O5. The van der Waals surface area contributed by atoms with Crippen molar-refractivity contribution in [2.45, 2.75) is 0 Å². The van der Waals surface area contributed by atoms with Gasteiger partial charge in [-0.05, 0) is 53.2 Å². The van der Waals surface area contributed by atoms with Gasteiger partial charge in [-0.1, -0.05) is 41.9 Å². The van der Waals surface area contributed by atoms with Crippen molar-refractivity contribution in [3.63, 3.8) is 0 Å². The second-order valence-electron chi connectivity index (χ2n) is 7.40. The summed E-state index contributed by atoms with van der Waals surface area (Å²) in [6.07, 6.45) is 1.36. The van der Waals surface area contributed by atoms with Crippen LogP contribution in [0.15, 0.2) is 86.7 Å². The minimum absolute atomic E-state index is 0.148. The Hall–Kier alpha value is -4.36. The highest BCUT2D eigenvalue weighted by molar-refractivity contribution is 6.33. The molecule has 1 amide bonds. The summed E-state index contributed by atoms with van der Waals surface area (Å²) in [6.45, 7) is 0. The third-order valence-corrected chi connectivity index (χ3v) is 5.62. The predicted octanol–water partition coefficient (Wildman–Crippen LogP) is 6.05. The van der Waals surface area contributed by atoms with E-state index in [1.54, 1.807) is 36.4 Å². The standard InChI is InChI=1S/C26H17ClN2O5/c1-32-26(31)16-6-9-21(27)20(12-16)23-11-8-17(33-23)14-28-29-25(30)24-13-19-18-5-3-2-4-15(18)7-10-22(19)34-24/h2-14H,1H3,(H,29,30). The zero-order valence-electron chi connectivity index (χ0n) is 17.9. The van der Waals surface area contributed by atoms with Crippen LogP contribution in [0.4, 0.5) is 0 Å². The molecule has 0 unspecified atom stereocenters. The molecule has 0 aliphatic carbocycles. The Bertz CT molecular complexity index is 1580. The molecule has 0 saturated carbocycles. The number of nitrogens with one attached hydrogen (secondary N) is 1. The fourth-order valence-corrected chi connectivity index (χ4v) is 3.85. The first-order valence-electron chi connectivity index (χ1n) is 10.3. The fourth-order valence-electron chi connectivity index (χ4n) is 3.64. The van der Waals surface area contributed by atoms with Crippen LogP contribution in [-0.2, 0) is 4.74 Å². The van der Waals surface area contributed by atoms with Crippen molar-refractivity contribution in [1.82, 2.24) is 5.43 Å². The summed E-state index contributed by atoms with van der Waals surface area (Å²) in [5.41, 5.74) is 3.93. The zero-order chi connectivity index (χ0) is 23.7. The van der Waals surface area contributed by atoms with Gasteiger partial charge in [0.15, 0.2) is 5.76 Å². The largest absolute Gasteiger partial charge is 0.465 e. The molecule has 0 atom stereocenters. The van der Waals surface area contributed by atoms with Crippen molar-refractivity contribution in [1.29, 1.82) is 0 Å². The number of hydrogen-bond donors (Lipinski definition) is 1. The molecule has 0 bridgehead atoms. The molecule has 0 saturated heterocycles. The second kappa shape index (κ2) is 8.88. The van der Waals surface area contributed by atoms with Crippen molar-refractivity contribution in [3.05, 3.63) is 94.9 Å². The first-order valence-corrected chi connectivity index (χ1v) is 10.6. The number of hydrogen-bond acceptors (Lipinski definition) is 6. The summed E-state index contributed by atoms with van der Waals surface area (Å²) < 4.78 is 16.2. The Labute approximate surface area is 198 Å². The molecular weight excluding hydrogens is 456 g/mol. The fraction of sp³-hybridized carbons (Fsp3) is 0.0385. The summed E-state index contributed by atoms with van der Waals surface area (Å²) in [6, 6.07) is 21.5. The number of amides is 1. The molecule has 5 aromatic rings. The van der Waals surface area contributed by atoms with Gasteiger partial charge in [-0.2, -0.15) is 5.10 Å². The van der Waals surface area contributed by atoms with E-state index in [4.69, 9.17) is 25.2 Å². The van der Waals surface area contributed by atoms with Gasteiger partial charge < -0.3 is 13.6 Å². The predicted molar refractivity (Wildman–Crippen MR) is 129 cm³/mol. The Kier molecular flexibility index (Phi) is 5.61. The van der Waals surface area contributed by atoms with Gasteiger partial charge in [-0.25, -0.2) is 10.2 Å². The summed E-state index contributed by atoms with van der Waals surface area (Å²) in [4.78, 5) is 24.3. The molecule has 0 radical (unpaired) electrons. The summed E-state index contributed by atoms with van der Waals surface area (Å²) in [5.74, 6) is -0.00198. The van der Waals surface area contributed by atoms with E-state index in [9.17, 15) is 9.59 Å². The number of carbonyl (C=O) groups is 2. The van der Waals surface area contributed by atoms with Gasteiger partial charge in [0.1, 0.15) is 17.1 Å². The molecule has 7 nitrogen and oxygen atoms in total. The molecule has 5 rings (SSSR count). The van der Waals surface area contributed by atoms with Gasteiger partial charge in [0.05, 0.1) is 23.9 Å². The van der Waals surface area contributed by atoms with Gasteiger partial charge in [-0.3, -0.25) is 4.79 Å². The first kappa shape index (κ1) is 21.5. The third kappa shape index (κ3) is 4.04. The van der Waals surface area contributed by atoms with Crippen LogP contribution in [0.2, 0.25) is 5.02 Å². The average molecular weight is 473 g/mol. The lowest BCUT2D eigenvalue weighted by molar-refractivity contribution is 0.0600. The van der Waals surface area contributed by atoms with Crippen LogP contribution < -0.4 is 5.43 Å². The average Bonchev–Trinajstić information content (AvgIpc) is 3.51. The smallest absolute Gasteiger partial charge is 0.337 e. The van der Waals surface area contributed by atoms with E-state index >= 15 is 0 Å².